The molecule has 2 aromatic rings. The van der Waals surface area contributed by atoms with Crippen molar-refractivity contribution in [3.8, 4) is 0 Å². The van der Waals surface area contributed by atoms with Crippen LogP contribution in [0.1, 0.15) is 33.9 Å². The minimum atomic E-state index is -1.13. The van der Waals surface area contributed by atoms with Gasteiger partial charge in [-0.3, -0.25) is 29.8 Å². The van der Waals surface area contributed by atoms with Gasteiger partial charge in [0, 0.05) is 12.1 Å². The molecule has 2 rings (SSSR count). The number of non-ortho nitro benzene ring substituents is 1. The van der Waals surface area contributed by atoms with Crippen LogP contribution in [0.3, 0.4) is 0 Å². The van der Waals surface area contributed by atoms with E-state index in [1.165, 1.54) is 12.1 Å². The molecule has 10 nitrogen and oxygen atoms in total. The molecular formula is C19H18ClN3O7S. The zero-order valence-electron chi connectivity index (χ0n) is 16.4. The molecular weight excluding hydrogens is 450 g/mol. The number of nitrogens with one attached hydrogen (secondary N) is 2. The van der Waals surface area contributed by atoms with Crippen molar-refractivity contribution in [3.63, 3.8) is 0 Å². The fourth-order valence-corrected chi connectivity index (χ4v) is 3.26. The number of esters is 1. The molecule has 0 aliphatic heterocycles. The Hall–Kier alpha value is -3.31. The molecule has 31 heavy (non-hydrogen) atoms. The fraction of sp³-hybridized carbons (Fsp3) is 0.263. The summed E-state index contributed by atoms with van der Waals surface area (Å²) < 4.78 is 4.93. The number of nitro benzene ring substituents is 1. The molecule has 3 amide bonds. The van der Waals surface area contributed by atoms with E-state index in [4.69, 9.17) is 16.3 Å². The second kappa shape index (κ2) is 10.6. The van der Waals surface area contributed by atoms with E-state index in [-0.39, 0.29) is 16.3 Å². The Balaban J connectivity index is 1.97. The number of carbonyl (C=O) groups is 4. The zero-order chi connectivity index (χ0) is 23.1. The summed E-state index contributed by atoms with van der Waals surface area (Å²) >= 11 is 7.09. The van der Waals surface area contributed by atoms with Crippen molar-refractivity contribution in [2.45, 2.75) is 19.9 Å². The number of nitro groups is 1. The van der Waals surface area contributed by atoms with Crippen molar-refractivity contribution < 1.29 is 28.8 Å². The van der Waals surface area contributed by atoms with E-state index < -0.39 is 47.2 Å². The van der Waals surface area contributed by atoms with E-state index in [0.29, 0.717) is 4.88 Å². The molecule has 0 aliphatic rings. The lowest BCUT2D eigenvalue weighted by Gasteiger charge is -2.21. The van der Waals surface area contributed by atoms with Gasteiger partial charge in [0.15, 0.2) is 6.61 Å². The average molecular weight is 468 g/mol. The standard InChI is InChI=1S/C19H18ClN3O7S/c1-10(2)16(22-17(25)12-6-5-11(23(28)29)8-13(12)20)19(27)30-9-15(24)21-18(26)14-4-3-7-31-14/h3-8,10,16H,9H2,1-2H3,(H,22,25)(H,21,24,26)/t16-/m0/s1. The number of ether oxygens (including phenoxy) is 1. The highest BCUT2D eigenvalue weighted by Gasteiger charge is 2.28. The molecule has 0 bridgehead atoms. The van der Waals surface area contributed by atoms with Crippen molar-refractivity contribution in [3.05, 3.63) is 61.3 Å². The summed E-state index contributed by atoms with van der Waals surface area (Å²) in [5.41, 5.74) is -0.352. The number of imide groups is 1. The van der Waals surface area contributed by atoms with E-state index >= 15 is 0 Å². The highest BCUT2D eigenvalue weighted by molar-refractivity contribution is 7.12. The third kappa shape index (κ3) is 6.59. The molecule has 2 N–H and O–H groups in total. The minimum Gasteiger partial charge on any atom is -0.454 e. The van der Waals surface area contributed by atoms with Crippen LogP contribution in [-0.4, -0.2) is 41.3 Å². The summed E-state index contributed by atoms with van der Waals surface area (Å²) in [6.07, 6.45) is 0. The van der Waals surface area contributed by atoms with Crippen LogP contribution < -0.4 is 10.6 Å². The minimum absolute atomic E-state index is 0.0648. The third-order valence-electron chi connectivity index (χ3n) is 3.96. The topological polar surface area (TPSA) is 145 Å². The molecule has 0 saturated heterocycles. The van der Waals surface area contributed by atoms with E-state index in [9.17, 15) is 29.3 Å². The lowest BCUT2D eigenvalue weighted by molar-refractivity contribution is -0.384. The van der Waals surface area contributed by atoms with Gasteiger partial charge in [0.2, 0.25) is 0 Å². The number of rotatable bonds is 8. The molecule has 0 radical (unpaired) electrons. The maximum absolute atomic E-state index is 12.5. The molecule has 1 heterocycles. The smallest absolute Gasteiger partial charge is 0.329 e. The molecule has 0 saturated carbocycles. The van der Waals surface area contributed by atoms with Gasteiger partial charge in [-0.25, -0.2) is 4.79 Å². The average Bonchev–Trinajstić information content (AvgIpc) is 3.24. The Morgan fingerprint density at radius 1 is 1.19 bits per heavy atom. The van der Waals surface area contributed by atoms with Gasteiger partial charge in [-0.1, -0.05) is 31.5 Å². The van der Waals surface area contributed by atoms with Crippen molar-refractivity contribution in [1.29, 1.82) is 0 Å². The first-order valence-corrected chi connectivity index (χ1v) is 10.1. The predicted molar refractivity (Wildman–Crippen MR) is 112 cm³/mol. The van der Waals surface area contributed by atoms with Gasteiger partial charge in [0.1, 0.15) is 6.04 Å². The highest BCUT2D eigenvalue weighted by atomic mass is 35.5. The van der Waals surface area contributed by atoms with E-state index in [1.807, 2.05) is 0 Å². The Morgan fingerprint density at radius 2 is 1.90 bits per heavy atom. The van der Waals surface area contributed by atoms with Crippen molar-refractivity contribution >= 4 is 52.3 Å². The fourth-order valence-electron chi connectivity index (χ4n) is 2.38. The van der Waals surface area contributed by atoms with Crippen LogP contribution in [0.2, 0.25) is 5.02 Å². The molecule has 0 unspecified atom stereocenters. The van der Waals surface area contributed by atoms with Crippen LogP contribution in [0.25, 0.3) is 0 Å². The molecule has 0 spiro atoms. The van der Waals surface area contributed by atoms with Gasteiger partial charge in [-0.15, -0.1) is 11.3 Å². The first-order chi connectivity index (χ1) is 14.6. The number of amides is 3. The third-order valence-corrected chi connectivity index (χ3v) is 5.14. The molecule has 164 valence electrons. The normalized spacial score (nSPS) is 11.5. The number of halogens is 1. The van der Waals surface area contributed by atoms with Crippen LogP contribution in [-0.2, 0) is 14.3 Å². The summed E-state index contributed by atoms with van der Waals surface area (Å²) in [6, 6.07) is 5.36. The van der Waals surface area contributed by atoms with Gasteiger partial charge >= 0.3 is 5.97 Å². The maximum Gasteiger partial charge on any atom is 0.329 e. The van der Waals surface area contributed by atoms with Crippen molar-refractivity contribution in [1.82, 2.24) is 10.6 Å². The number of thiophene rings is 1. The Morgan fingerprint density at radius 3 is 2.45 bits per heavy atom. The number of hydrogen-bond donors (Lipinski definition) is 2. The summed E-state index contributed by atoms with van der Waals surface area (Å²) in [4.78, 5) is 59.0. The molecule has 1 aromatic carbocycles. The summed E-state index contributed by atoms with van der Waals surface area (Å²) in [5, 5.41) is 16.8. The summed E-state index contributed by atoms with van der Waals surface area (Å²) in [6.45, 7) is 2.57. The summed E-state index contributed by atoms with van der Waals surface area (Å²) in [7, 11) is 0. The number of benzene rings is 1. The Kier molecular flexibility index (Phi) is 8.22. The van der Waals surface area contributed by atoms with Crippen LogP contribution >= 0.6 is 22.9 Å². The van der Waals surface area contributed by atoms with Crippen molar-refractivity contribution in [2.24, 2.45) is 5.92 Å². The quantitative estimate of drug-likeness (QED) is 0.344. The maximum atomic E-state index is 12.5. The van der Waals surface area contributed by atoms with Crippen molar-refractivity contribution in [2.75, 3.05) is 6.61 Å². The monoisotopic (exact) mass is 467 g/mol. The van der Waals surface area contributed by atoms with Gasteiger partial charge in [0.25, 0.3) is 23.4 Å². The van der Waals surface area contributed by atoms with Gasteiger partial charge in [-0.2, -0.15) is 0 Å². The number of carbonyl (C=O) groups excluding carboxylic acids is 4. The van der Waals surface area contributed by atoms with Crippen LogP contribution in [0, 0.1) is 16.0 Å². The van der Waals surface area contributed by atoms with Crippen LogP contribution in [0.4, 0.5) is 5.69 Å². The highest BCUT2D eigenvalue weighted by Crippen LogP contribution is 2.22. The first kappa shape index (κ1) is 24.0. The van der Waals surface area contributed by atoms with Crippen LogP contribution in [0.15, 0.2) is 35.7 Å². The lowest BCUT2D eigenvalue weighted by atomic mass is 10.0. The van der Waals surface area contributed by atoms with E-state index in [2.05, 4.69) is 10.6 Å². The Bertz CT molecular complexity index is 1010. The lowest BCUT2D eigenvalue weighted by Crippen LogP contribution is -2.46. The number of nitrogens with zero attached hydrogens (tertiary/aromatic N) is 1. The first-order valence-electron chi connectivity index (χ1n) is 8.89. The van der Waals surface area contributed by atoms with Crippen LogP contribution in [0.5, 0.6) is 0 Å². The second-order valence-electron chi connectivity index (χ2n) is 6.58. The summed E-state index contributed by atoms with van der Waals surface area (Å²) in [5.74, 6) is -3.48. The number of hydrogen-bond acceptors (Lipinski definition) is 8. The largest absolute Gasteiger partial charge is 0.454 e. The van der Waals surface area contributed by atoms with Gasteiger partial charge in [0.05, 0.1) is 20.4 Å². The SMILES string of the molecule is CC(C)[C@H](NC(=O)c1ccc([N+](=O)[O-])cc1Cl)C(=O)OCC(=O)NC(=O)c1cccs1. The molecule has 0 fully saturated rings. The van der Waals surface area contributed by atoms with E-state index in [1.54, 1.807) is 25.3 Å². The second-order valence-corrected chi connectivity index (χ2v) is 7.93. The predicted octanol–water partition coefficient (Wildman–Crippen LogP) is 2.56. The van der Waals surface area contributed by atoms with E-state index in [0.717, 1.165) is 23.5 Å². The molecule has 1 atom stereocenters. The van der Waals surface area contributed by atoms with Gasteiger partial charge in [-0.05, 0) is 23.4 Å². The Labute approximate surface area is 185 Å². The molecule has 0 aliphatic carbocycles. The molecule has 1 aromatic heterocycles. The zero-order valence-corrected chi connectivity index (χ0v) is 18.0. The molecule has 12 heteroatoms. The van der Waals surface area contributed by atoms with Gasteiger partial charge < -0.3 is 10.1 Å².